The highest BCUT2D eigenvalue weighted by Gasteiger charge is 2.00. The third kappa shape index (κ3) is 2.87. The number of rotatable bonds is 4. The molecule has 0 nitrogen and oxygen atoms in total. The van der Waals surface area contributed by atoms with Gasteiger partial charge in [-0.1, -0.05) is 31.9 Å². The van der Waals surface area contributed by atoms with Gasteiger partial charge in [-0.2, -0.15) is 0 Å². The Morgan fingerprint density at radius 3 is 2.07 bits per heavy atom. The quantitative estimate of drug-likeness (QED) is 0.624. The van der Waals surface area contributed by atoms with Gasteiger partial charge in [0.2, 0.25) is 0 Å². The third-order valence-corrected chi connectivity index (χ3v) is 2.95. The minimum Gasteiger partial charge on any atom is -0.0558 e. The smallest absolute Gasteiger partial charge is 0.0279 e. The summed E-state index contributed by atoms with van der Waals surface area (Å²) < 4.78 is 0. The molecule has 0 aliphatic rings. The molecule has 0 amide bonds. The van der Waals surface area contributed by atoms with E-state index in [1.54, 1.807) is 0 Å². The van der Waals surface area contributed by atoms with E-state index < -0.39 is 0 Å². The van der Waals surface area contributed by atoms with Gasteiger partial charge in [0, 0.05) is 0 Å². The molecule has 0 N–H and O–H groups in total. The Labute approximate surface area is 88.4 Å². The van der Waals surface area contributed by atoms with Crippen molar-refractivity contribution < 1.29 is 0 Å². The summed E-state index contributed by atoms with van der Waals surface area (Å²) in [5.74, 6) is 0. The number of hydrogen-bond acceptors (Lipinski definition) is 0. The van der Waals surface area contributed by atoms with E-state index in [0.717, 1.165) is 6.42 Å². The van der Waals surface area contributed by atoms with Gasteiger partial charge in [-0.25, -0.2) is 0 Å². The lowest BCUT2D eigenvalue weighted by atomic mass is 9.98. The molecule has 0 saturated heterocycles. The van der Waals surface area contributed by atoms with Crippen LogP contribution in [0.1, 0.15) is 41.5 Å². The van der Waals surface area contributed by atoms with Gasteiger partial charge in [-0.3, -0.25) is 0 Å². The van der Waals surface area contributed by atoms with Crippen LogP contribution in [0.25, 0.3) is 0 Å². The fraction of sp³-hybridized carbons (Fsp3) is 0.500. The largest absolute Gasteiger partial charge is 0.0558 e. The zero-order valence-electron chi connectivity index (χ0n) is 9.69. The van der Waals surface area contributed by atoms with Gasteiger partial charge in [-0.05, 0) is 55.9 Å². The Morgan fingerprint density at radius 1 is 1.00 bits per heavy atom. The second-order valence-corrected chi connectivity index (χ2v) is 4.17. The molecule has 0 heteroatoms. The van der Waals surface area contributed by atoms with Gasteiger partial charge in [0.1, 0.15) is 0 Å². The summed E-state index contributed by atoms with van der Waals surface area (Å²) in [5.41, 5.74) is 5.77. The van der Waals surface area contributed by atoms with E-state index in [-0.39, 0.29) is 0 Å². The van der Waals surface area contributed by atoms with Gasteiger partial charge in [0.25, 0.3) is 0 Å². The average Bonchev–Trinajstić information content (AvgIpc) is 2.14. The molecular weight excluding hydrogens is 168 g/mol. The van der Waals surface area contributed by atoms with Crippen LogP contribution in [0.5, 0.6) is 0 Å². The highest BCUT2D eigenvalue weighted by Crippen LogP contribution is 2.17. The maximum absolute atomic E-state index is 3.87. The molecule has 0 aliphatic carbocycles. The summed E-state index contributed by atoms with van der Waals surface area (Å²) in [6, 6.07) is 4.65. The molecule has 0 fully saturated rings. The van der Waals surface area contributed by atoms with Gasteiger partial charge < -0.3 is 0 Å². The predicted molar refractivity (Wildman–Crippen MR) is 63.6 cm³/mol. The molecule has 0 saturated carbocycles. The molecule has 0 heterocycles. The molecule has 0 bridgehead atoms. The second kappa shape index (κ2) is 5.19. The Hall–Kier alpha value is -0.780. The van der Waals surface area contributed by atoms with E-state index in [9.17, 15) is 0 Å². The molecule has 1 aromatic carbocycles. The number of benzene rings is 1. The van der Waals surface area contributed by atoms with Crippen molar-refractivity contribution in [3.63, 3.8) is 0 Å². The topological polar surface area (TPSA) is 0 Å². The summed E-state index contributed by atoms with van der Waals surface area (Å²) in [5, 5.41) is 0. The highest BCUT2D eigenvalue weighted by molar-refractivity contribution is 5.36. The minimum atomic E-state index is 1.06. The number of aryl methyl sites for hydroxylation is 3. The molecule has 0 spiro atoms. The van der Waals surface area contributed by atoms with Gasteiger partial charge >= 0.3 is 0 Å². The molecular formula is C14H21. The highest BCUT2D eigenvalue weighted by atomic mass is 14.1. The first-order valence-electron chi connectivity index (χ1n) is 5.51. The standard InChI is InChI=1S/C14H21/c1-5-6-7-8-14-9-11(2)13(4)12(3)10-14/h9-10H,1,5-8H2,2-4H3. The average molecular weight is 189 g/mol. The normalized spacial score (nSPS) is 10.6. The zero-order chi connectivity index (χ0) is 10.6. The molecule has 0 unspecified atom stereocenters. The molecule has 77 valence electrons. The molecule has 1 radical (unpaired) electrons. The van der Waals surface area contributed by atoms with Crippen LogP contribution in [0.4, 0.5) is 0 Å². The van der Waals surface area contributed by atoms with Crippen molar-refractivity contribution >= 4 is 0 Å². The molecule has 0 atom stereocenters. The van der Waals surface area contributed by atoms with Crippen LogP contribution in [0.2, 0.25) is 0 Å². The fourth-order valence-corrected chi connectivity index (χ4v) is 1.78. The molecule has 0 aliphatic heterocycles. The van der Waals surface area contributed by atoms with E-state index in [4.69, 9.17) is 0 Å². The van der Waals surface area contributed by atoms with Crippen molar-refractivity contribution in [2.75, 3.05) is 0 Å². The fourth-order valence-electron chi connectivity index (χ4n) is 1.78. The predicted octanol–water partition coefficient (Wildman–Crippen LogP) is 4.16. The molecule has 0 aromatic heterocycles. The minimum absolute atomic E-state index is 1.06. The van der Waals surface area contributed by atoms with Crippen molar-refractivity contribution in [2.24, 2.45) is 0 Å². The first-order valence-corrected chi connectivity index (χ1v) is 5.51. The molecule has 14 heavy (non-hydrogen) atoms. The molecule has 1 rings (SSSR count). The maximum Gasteiger partial charge on any atom is -0.0279 e. The summed E-state index contributed by atoms with van der Waals surface area (Å²) >= 11 is 0. The van der Waals surface area contributed by atoms with Crippen molar-refractivity contribution in [2.45, 2.75) is 46.5 Å². The Bertz CT molecular complexity index is 274. The summed E-state index contributed by atoms with van der Waals surface area (Å²) in [6.07, 6.45) is 4.78. The zero-order valence-corrected chi connectivity index (χ0v) is 9.69. The second-order valence-electron chi connectivity index (χ2n) is 4.17. The van der Waals surface area contributed by atoms with Crippen LogP contribution in [0, 0.1) is 27.7 Å². The Balaban J connectivity index is 2.69. The number of unbranched alkanes of at least 4 members (excludes halogenated alkanes) is 2. The SMILES string of the molecule is [CH2]CCCCc1cc(C)c(C)c(C)c1. The van der Waals surface area contributed by atoms with Crippen LogP contribution >= 0.6 is 0 Å². The van der Waals surface area contributed by atoms with Crippen molar-refractivity contribution in [1.29, 1.82) is 0 Å². The van der Waals surface area contributed by atoms with E-state index in [2.05, 4.69) is 39.8 Å². The first-order chi connectivity index (χ1) is 6.65. The Morgan fingerprint density at radius 2 is 1.57 bits per heavy atom. The monoisotopic (exact) mass is 189 g/mol. The first kappa shape index (κ1) is 11.3. The van der Waals surface area contributed by atoms with Crippen molar-refractivity contribution in [1.82, 2.24) is 0 Å². The summed E-state index contributed by atoms with van der Waals surface area (Å²) in [4.78, 5) is 0. The van der Waals surface area contributed by atoms with Crippen LogP contribution in [0.15, 0.2) is 12.1 Å². The van der Waals surface area contributed by atoms with E-state index in [1.807, 2.05) is 0 Å². The van der Waals surface area contributed by atoms with Crippen LogP contribution in [-0.4, -0.2) is 0 Å². The lowest BCUT2D eigenvalue weighted by Gasteiger charge is -2.08. The Kier molecular flexibility index (Phi) is 4.19. The van der Waals surface area contributed by atoms with Gasteiger partial charge in [-0.15, -0.1) is 0 Å². The molecule has 1 aromatic rings. The van der Waals surface area contributed by atoms with Gasteiger partial charge in [0.05, 0.1) is 0 Å². The summed E-state index contributed by atoms with van der Waals surface area (Å²) in [6.45, 7) is 10.5. The van der Waals surface area contributed by atoms with Crippen LogP contribution in [0.3, 0.4) is 0 Å². The summed E-state index contributed by atoms with van der Waals surface area (Å²) in [7, 11) is 0. The van der Waals surface area contributed by atoms with Crippen molar-refractivity contribution in [3.8, 4) is 0 Å². The van der Waals surface area contributed by atoms with Gasteiger partial charge in [0.15, 0.2) is 0 Å². The maximum atomic E-state index is 3.87. The lowest BCUT2D eigenvalue weighted by molar-refractivity contribution is 0.745. The third-order valence-electron chi connectivity index (χ3n) is 2.95. The van der Waals surface area contributed by atoms with E-state index >= 15 is 0 Å². The lowest BCUT2D eigenvalue weighted by Crippen LogP contribution is -1.92. The van der Waals surface area contributed by atoms with Crippen molar-refractivity contribution in [3.05, 3.63) is 41.3 Å². The van der Waals surface area contributed by atoms with E-state index in [1.165, 1.54) is 41.5 Å². The van der Waals surface area contributed by atoms with Crippen LogP contribution < -0.4 is 0 Å². The number of hydrogen-bond donors (Lipinski definition) is 0. The van der Waals surface area contributed by atoms with E-state index in [0.29, 0.717) is 0 Å². The van der Waals surface area contributed by atoms with Crippen LogP contribution in [-0.2, 0) is 6.42 Å².